The van der Waals surface area contributed by atoms with Gasteiger partial charge < -0.3 is 10.1 Å². The zero-order valence-corrected chi connectivity index (χ0v) is 9.63. The van der Waals surface area contributed by atoms with Gasteiger partial charge in [0.1, 0.15) is 11.8 Å². The van der Waals surface area contributed by atoms with E-state index in [0.29, 0.717) is 0 Å². The van der Waals surface area contributed by atoms with E-state index in [4.69, 9.17) is 10.00 Å². The van der Waals surface area contributed by atoms with E-state index in [1.54, 1.807) is 14.0 Å². The number of hydrogen-bond donors (Lipinski definition) is 1. The zero-order chi connectivity index (χ0) is 10.6. The van der Waals surface area contributed by atoms with Crippen molar-refractivity contribution in [1.29, 1.82) is 5.26 Å². The van der Waals surface area contributed by atoms with Gasteiger partial charge in [-0.3, -0.25) is 0 Å². The van der Waals surface area contributed by atoms with Gasteiger partial charge in [-0.05, 0) is 41.1 Å². The maximum absolute atomic E-state index is 8.62. The van der Waals surface area contributed by atoms with Crippen LogP contribution in [0.3, 0.4) is 0 Å². The summed E-state index contributed by atoms with van der Waals surface area (Å²) in [5.74, 6) is 0.778. The number of nitriles is 1. The lowest BCUT2D eigenvalue weighted by atomic mass is 10.2. The number of nitrogens with one attached hydrogen (secondary N) is 1. The Hall–Kier alpha value is -1.21. The molecule has 1 aromatic carbocycles. The van der Waals surface area contributed by atoms with Crippen LogP contribution in [0.15, 0.2) is 22.7 Å². The Morgan fingerprint density at radius 2 is 2.29 bits per heavy atom. The lowest BCUT2D eigenvalue weighted by Crippen LogP contribution is -2.11. The van der Waals surface area contributed by atoms with Gasteiger partial charge in [0.2, 0.25) is 0 Å². The molecule has 0 fully saturated rings. The minimum Gasteiger partial charge on any atom is -0.496 e. The predicted molar refractivity (Wildman–Crippen MR) is 59.4 cm³/mol. The topological polar surface area (TPSA) is 45.0 Å². The molecule has 74 valence electrons. The van der Waals surface area contributed by atoms with E-state index in [-0.39, 0.29) is 6.04 Å². The zero-order valence-electron chi connectivity index (χ0n) is 8.04. The number of rotatable bonds is 3. The first kappa shape index (κ1) is 10.9. The quantitative estimate of drug-likeness (QED) is 0.903. The predicted octanol–water partition coefficient (Wildman–Crippen LogP) is 2.78. The van der Waals surface area contributed by atoms with Gasteiger partial charge in [-0.25, -0.2) is 0 Å². The third kappa shape index (κ3) is 2.64. The first-order valence-corrected chi connectivity index (χ1v) is 4.96. The van der Waals surface area contributed by atoms with Crippen molar-refractivity contribution < 1.29 is 4.74 Å². The molecule has 0 saturated carbocycles. The number of anilines is 1. The fraction of sp³-hybridized carbons (Fsp3) is 0.300. The van der Waals surface area contributed by atoms with E-state index in [0.717, 1.165) is 15.9 Å². The van der Waals surface area contributed by atoms with Gasteiger partial charge in [0.25, 0.3) is 0 Å². The highest BCUT2D eigenvalue weighted by molar-refractivity contribution is 9.10. The number of methoxy groups -OCH3 is 1. The fourth-order valence-corrected chi connectivity index (χ4v) is 1.58. The molecule has 0 heterocycles. The van der Waals surface area contributed by atoms with Crippen LogP contribution < -0.4 is 10.1 Å². The van der Waals surface area contributed by atoms with Crippen LogP contribution in [-0.2, 0) is 0 Å². The average molecular weight is 255 g/mol. The van der Waals surface area contributed by atoms with Crippen LogP contribution in [0.5, 0.6) is 5.75 Å². The third-order valence-corrected chi connectivity index (χ3v) is 2.35. The Morgan fingerprint density at radius 1 is 1.57 bits per heavy atom. The SMILES string of the molecule is COc1ccc(NC(C)C#N)cc1Br. The van der Waals surface area contributed by atoms with E-state index < -0.39 is 0 Å². The van der Waals surface area contributed by atoms with E-state index >= 15 is 0 Å². The Balaban J connectivity index is 2.82. The largest absolute Gasteiger partial charge is 0.496 e. The third-order valence-electron chi connectivity index (χ3n) is 1.73. The summed E-state index contributed by atoms with van der Waals surface area (Å²) in [7, 11) is 1.62. The van der Waals surface area contributed by atoms with Crippen molar-refractivity contribution in [3.63, 3.8) is 0 Å². The second-order valence-electron chi connectivity index (χ2n) is 2.84. The van der Waals surface area contributed by atoms with E-state index in [1.165, 1.54) is 0 Å². The molecule has 1 rings (SSSR count). The van der Waals surface area contributed by atoms with Gasteiger partial charge in [0.05, 0.1) is 17.7 Å². The van der Waals surface area contributed by atoms with E-state index in [1.807, 2.05) is 18.2 Å². The lowest BCUT2D eigenvalue weighted by molar-refractivity contribution is 0.412. The molecular formula is C10H11BrN2O. The van der Waals surface area contributed by atoms with Crippen molar-refractivity contribution in [1.82, 2.24) is 0 Å². The van der Waals surface area contributed by atoms with Crippen LogP contribution in [0.2, 0.25) is 0 Å². The van der Waals surface area contributed by atoms with Crippen molar-refractivity contribution in [3.8, 4) is 11.8 Å². The van der Waals surface area contributed by atoms with E-state index in [9.17, 15) is 0 Å². The maximum atomic E-state index is 8.62. The summed E-state index contributed by atoms with van der Waals surface area (Å²) in [6.45, 7) is 1.80. The number of nitrogens with zero attached hydrogens (tertiary/aromatic N) is 1. The highest BCUT2D eigenvalue weighted by Gasteiger charge is 2.03. The summed E-state index contributed by atoms with van der Waals surface area (Å²) in [6.07, 6.45) is 0. The highest BCUT2D eigenvalue weighted by Crippen LogP contribution is 2.27. The molecule has 1 unspecified atom stereocenters. The molecule has 0 amide bonds. The second-order valence-corrected chi connectivity index (χ2v) is 3.70. The standard InChI is InChI=1S/C10H11BrN2O/c1-7(6-12)13-8-3-4-10(14-2)9(11)5-8/h3-5,7,13H,1-2H3. The Labute approximate surface area is 91.8 Å². The molecule has 0 aromatic heterocycles. The molecule has 1 aromatic rings. The van der Waals surface area contributed by atoms with Crippen molar-refractivity contribution in [2.45, 2.75) is 13.0 Å². The Kier molecular flexibility index (Phi) is 3.78. The Morgan fingerprint density at radius 3 is 2.79 bits per heavy atom. The van der Waals surface area contributed by atoms with Crippen molar-refractivity contribution >= 4 is 21.6 Å². The molecular weight excluding hydrogens is 244 g/mol. The van der Waals surface area contributed by atoms with Gasteiger partial charge in [-0.2, -0.15) is 5.26 Å². The van der Waals surface area contributed by atoms with Crippen LogP contribution in [0.4, 0.5) is 5.69 Å². The van der Waals surface area contributed by atoms with Crippen LogP contribution >= 0.6 is 15.9 Å². The molecule has 4 heteroatoms. The molecule has 0 aliphatic rings. The van der Waals surface area contributed by atoms with E-state index in [2.05, 4.69) is 27.3 Å². The summed E-state index contributed by atoms with van der Waals surface area (Å²) in [4.78, 5) is 0. The minimum absolute atomic E-state index is 0.199. The monoisotopic (exact) mass is 254 g/mol. The van der Waals surface area contributed by atoms with Crippen molar-refractivity contribution in [3.05, 3.63) is 22.7 Å². The number of hydrogen-bond acceptors (Lipinski definition) is 3. The van der Waals surface area contributed by atoms with Gasteiger partial charge >= 0.3 is 0 Å². The summed E-state index contributed by atoms with van der Waals surface area (Å²) in [5, 5.41) is 11.7. The van der Waals surface area contributed by atoms with Crippen molar-refractivity contribution in [2.75, 3.05) is 12.4 Å². The molecule has 0 aliphatic heterocycles. The van der Waals surface area contributed by atoms with Gasteiger partial charge in [0.15, 0.2) is 0 Å². The lowest BCUT2D eigenvalue weighted by Gasteiger charge is -2.09. The molecule has 0 bridgehead atoms. The molecule has 3 nitrogen and oxygen atoms in total. The first-order valence-electron chi connectivity index (χ1n) is 4.17. The number of halogens is 1. The average Bonchev–Trinajstić information content (AvgIpc) is 2.18. The molecule has 0 radical (unpaired) electrons. The Bertz CT molecular complexity index is 360. The summed E-state index contributed by atoms with van der Waals surface area (Å²) in [6, 6.07) is 7.50. The first-order chi connectivity index (χ1) is 6.67. The number of ether oxygens (including phenoxy) is 1. The molecule has 0 spiro atoms. The van der Waals surface area contributed by atoms with Crippen molar-refractivity contribution in [2.24, 2.45) is 0 Å². The fourth-order valence-electron chi connectivity index (χ4n) is 1.04. The molecule has 0 saturated heterocycles. The summed E-state index contributed by atoms with van der Waals surface area (Å²) < 4.78 is 5.96. The summed E-state index contributed by atoms with van der Waals surface area (Å²) >= 11 is 3.37. The smallest absolute Gasteiger partial charge is 0.133 e. The molecule has 1 N–H and O–H groups in total. The molecule has 0 aliphatic carbocycles. The normalized spacial score (nSPS) is 11.6. The summed E-state index contributed by atoms with van der Waals surface area (Å²) in [5.41, 5.74) is 0.895. The highest BCUT2D eigenvalue weighted by atomic mass is 79.9. The van der Waals surface area contributed by atoms with Crippen LogP contribution in [-0.4, -0.2) is 13.2 Å². The molecule has 1 atom stereocenters. The minimum atomic E-state index is -0.199. The van der Waals surface area contributed by atoms with Gasteiger partial charge in [-0.1, -0.05) is 0 Å². The van der Waals surface area contributed by atoms with Crippen LogP contribution in [0.25, 0.3) is 0 Å². The molecule has 14 heavy (non-hydrogen) atoms. The van der Waals surface area contributed by atoms with Crippen LogP contribution in [0.1, 0.15) is 6.92 Å². The maximum Gasteiger partial charge on any atom is 0.133 e. The van der Waals surface area contributed by atoms with Gasteiger partial charge in [0, 0.05) is 5.69 Å². The van der Waals surface area contributed by atoms with Crippen LogP contribution in [0, 0.1) is 11.3 Å². The second kappa shape index (κ2) is 4.87. The van der Waals surface area contributed by atoms with Gasteiger partial charge in [-0.15, -0.1) is 0 Å². The number of benzene rings is 1.